The molecule has 0 amide bonds. The van der Waals surface area contributed by atoms with Gasteiger partial charge in [-0.05, 0) is 37.8 Å². The fourth-order valence-electron chi connectivity index (χ4n) is 3.61. The first kappa shape index (κ1) is 12.9. The Hall–Kier alpha value is -1.81. The Kier molecular flexibility index (Phi) is 3.19. The van der Waals surface area contributed by atoms with Crippen molar-refractivity contribution in [1.29, 1.82) is 0 Å². The summed E-state index contributed by atoms with van der Waals surface area (Å²) in [7, 11) is 0. The molecule has 0 aliphatic carbocycles. The van der Waals surface area contributed by atoms with Crippen LogP contribution in [0.4, 0.5) is 0 Å². The average Bonchev–Trinajstić information content (AvgIpc) is 2.48. The molecule has 2 saturated heterocycles. The molecule has 0 saturated carbocycles. The zero-order chi connectivity index (χ0) is 14.2. The maximum Gasteiger partial charge on any atom is 0.379 e. The maximum atomic E-state index is 12.0. The molecule has 2 aliphatic rings. The second-order valence-corrected chi connectivity index (χ2v) is 6.14. The first-order valence-corrected chi connectivity index (χ1v) is 7.73. The number of para-hydroxylation sites is 1. The Morgan fingerprint density at radius 3 is 2.71 bits per heavy atom. The van der Waals surface area contributed by atoms with Crippen molar-refractivity contribution in [3.8, 4) is 5.75 Å². The lowest BCUT2D eigenvalue weighted by Crippen LogP contribution is -2.51. The van der Waals surface area contributed by atoms with Crippen LogP contribution in [0.5, 0.6) is 5.75 Å². The van der Waals surface area contributed by atoms with Gasteiger partial charge in [-0.2, -0.15) is 0 Å². The molecule has 2 bridgehead atoms. The molecule has 110 valence electrons. The topological polar surface area (TPSA) is 51.5 Å². The predicted molar refractivity (Wildman–Crippen MR) is 80.7 cm³/mol. The number of benzene rings is 1. The lowest BCUT2D eigenvalue weighted by molar-refractivity contribution is 0.0897. The van der Waals surface area contributed by atoms with E-state index in [0.717, 1.165) is 18.2 Å². The largest absolute Gasteiger partial charge is 0.483 e. The van der Waals surface area contributed by atoms with Crippen LogP contribution < -0.4 is 15.7 Å². The van der Waals surface area contributed by atoms with Gasteiger partial charge in [-0.3, -0.25) is 0 Å². The van der Waals surface area contributed by atoms with E-state index in [9.17, 15) is 4.79 Å². The van der Waals surface area contributed by atoms with Gasteiger partial charge in [-0.15, -0.1) is 0 Å². The highest BCUT2D eigenvalue weighted by atomic mass is 16.5. The SMILES string of the molecule is O=c1oc2ccccc2cc1OC1CC2CCCC(C1)N2. The minimum absolute atomic E-state index is 0.116. The summed E-state index contributed by atoms with van der Waals surface area (Å²) in [5, 5.41) is 4.54. The Labute approximate surface area is 123 Å². The van der Waals surface area contributed by atoms with Crippen molar-refractivity contribution < 1.29 is 9.15 Å². The van der Waals surface area contributed by atoms with Gasteiger partial charge in [0.2, 0.25) is 5.75 Å². The molecule has 2 aromatic rings. The number of nitrogens with one attached hydrogen (secondary N) is 1. The van der Waals surface area contributed by atoms with Gasteiger partial charge in [0.05, 0.1) is 0 Å². The van der Waals surface area contributed by atoms with Crippen LogP contribution >= 0.6 is 0 Å². The van der Waals surface area contributed by atoms with E-state index in [-0.39, 0.29) is 11.7 Å². The first-order chi connectivity index (χ1) is 10.3. The third kappa shape index (κ3) is 2.56. The number of rotatable bonds is 2. The molecule has 3 heterocycles. The van der Waals surface area contributed by atoms with E-state index >= 15 is 0 Å². The fourth-order valence-corrected chi connectivity index (χ4v) is 3.61. The minimum atomic E-state index is -0.377. The average molecular weight is 285 g/mol. The third-order valence-corrected chi connectivity index (χ3v) is 4.57. The van der Waals surface area contributed by atoms with Crippen molar-refractivity contribution in [3.05, 3.63) is 40.8 Å². The van der Waals surface area contributed by atoms with E-state index in [1.165, 1.54) is 19.3 Å². The first-order valence-electron chi connectivity index (χ1n) is 7.73. The van der Waals surface area contributed by atoms with Gasteiger partial charge in [0.25, 0.3) is 0 Å². The second-order valence-electron chi connectivity index (χ2n) is 6.14. The highest BCUT2D eigenvalue weighted by Gasteiger charge is 2.32. The van der Waals surface area contributed by atoms with Crippen molar-refractivity contribution in [1.82, 2.24) is 5.32 Å². The van der Waals surface area contributed by atoms with Gasteiger partial charge in [-0.25, -0.2) is 4.79 Å². The minimum Gasteiger partial charge on any atom is -0.483 e. The lowest BCUT2D eigenvalue weighted by atomic mass is 9.85. The molecular weight excluding hydrogens is 266 g/mol. The molecule has 21 heavy (non-hydrogen) atoms. The number of piperidine rings is 2. The Morgan fingerprint density at radius 2 is 1.90 bits per heavy atom. The van der Waals surface area contributed by atoms with E-state index in [1.54, 1.807) is 12.1 Å². The summed E-state index contributed by atoms with van der Waals surface area (Å²) in [6, 6.07) is 10.4. The molecule has 2 atom stereocenters. The van der Waals surface area contributed by atoms with Gasteiger partial charge >= 0.3 is 5.63 Å². The molecule has 4 rings (SSSR count). The quantitative estimate of drug-likeness (QED) is 0.862. The molecule has 1 aromatic carbocycles. The number of hydrogen-bond donors (Lipinski definition) is 1. The van der Waals surface area contributed by atoms with Crippen LogP contribution in [0, 0.1) is 0 Å². The summed E-state index contributed by atoms with van der Waals surface area (Å²) in [5.41, 5.74) is 0.231. The highest BCUT2D eigenvalue weighted by molar-refractivity contribution is 5.77. The Balaban J connectivity index is 1.59. The fraction of sp³-hybridized carbons (Fsp3) is 0.471. The standard InChI is InChI=1S/C17H19NO3/c19-17-16(8-11-4-1-2-7-15(11)21-17)20-14-9-12-5-3-6-13(10-14)18-12/h1-2,4,7-8,12-14,18H,3,5-6,9-10H2. The number of hydrogen-bond acceptors (Lipinski definition) is 4. The summed E-state index contributed by atoms with van der Waals surface area (Å²) in [6.45, 7) is 0. The van der Waals surface area contributed by atoms with E-state index in [2.05, 4.69) is 5.32 Å². The van der Waals surface area contributed by atoms with Crippen LogP contribution in [0.3, 0.4) is 0 Å². The summed E-state index contributed by atoms with van der Waals surface area (Å²) in [4.78, 5) is 12.0. The van der Waals surface area contributed by atoms with Crippen LogP contribution in [0.15, 0.2) is 39.5 Å². The van der Waals surface area contributed by atoms with Gasteiger partial charge in [0, 0.05) is 17.5 Å². The molecule has 1 aromatic heterocycles. The lowest BCUT2D eigenvalue weighted by Gasteiger charge is -2.40. The summed E-state index contributed by atoms with van der Waals surface area (Å²) in [6.07, 6.45) is 5.79. The Bertz CT molecular complexity index is 696. The summed E-state index contributed by atoms with van der Waals surface area (Å²) >= 11 is 0. The van der Waals surface area contributed by atoms with Crippen molar-refractivity contribution in [2.45, 2.75) is 50.3 Å². The second kappa shape index (κ2) is 5.19. The highest BCUT2D eigenvalue weighted by Crippen LogP contribution is 2.28. The predicted octanol–water partition coefficient (Wildman–Crippen LogP) is 2.84. The number of ether oxygens (including phenoxy) is 1. The molecule has 0 spiro atoms. The van der Waals surface area contributed by atoms with Gasteiger partial charge in [-0.1, -0.05) is 24.6 Å². The molecule has 0 radical (unpaired) electrons. The van der Waals surface area contributed by atoms with Crippen LogP contribution in [0.2, 0.25) is 0 Å². The smallest absolute Gasteiger partial charge is 0.379 e. The molecule has 2 aliphatic heterocycles. The van der Waals surface area contributed by atoms with Crippen LogP contribution in [-0.4, -0.2) is 18.2 Å². The Morgan fingerprint density at radius 1 is 1.14 bits per heavy atom. The maximum absolute atomic E-state index is 12.0. The zero-order valence-corrected chi connectivity index (χ0v) is 11.9. The van der Waals surface area contributed by atoms with E-state index in [1.807, 2.05) is 18.2 Å². The van der Waals surface area contributed by atoms with Gasteiger partial charge < -0.3 is 14.5 Å². The van der Waals surface area contributed by atoms with Crippen molar-refractivity contribution >= 4 is 11.0 Å². The van der Waals surface area contributed by atoms with E-state index < -0.39 is 0 Å². The summed E-state index contributed by atoms with van der Waals surface area (Å²) < 4.78 is 11.3. The van der Waals surface area contributed by atoms with Gasteiger partial charge in [0.15, 0.2) is 0 Å². The zero-order valence-electron chi connectivity index (χ0n) is 11.9. The molecule has 4 nitrogen and oxygen atoms in total. The monoisotopic (exact) mass is 285 g/mol. The van der Waals surface area contributed by atoms with Crippen molar-refractivity contribution in [3.63, 3.8) is 0 Å². The van der Waals surface area contributed by atoms with E-state index in [0.29, 0.717) is 23.4 Å². The molecule has 2 fully saturated rings. The normalized spacial score (nSPS) is 28.5. The van der Waals surface area contributed by atoms with E-state index in [4.69, 9.17) is 9.15 Å². The molecule has 2 unspecified atom stereocenters. The number of fused-ring (bicyclic) bond motifs is 3. The van der Waals surface area contributed by atoms with Crippen molar-refractivity contribution in [2.24, 2.45) is 0 Å². The molecule has 1 N–H and O–H groups in total. The third-order valence-electron chi connectivity index (χ3n) is 4.57. The summed E-state index contributed by atoms with van der Waals surface area (Å²) in [5.74, 6) is 0.346. The van der Waals surface area contributed by atoms with Crippen molar-refractivity contribution in [2.75, 3.05) is 0 Å². The van der Waals surface area contributed by atoms with Gasteiger partial charge in [0.1, 0.15) is 11.7 Å². The molecule has 4 heteroatoms. The van der Waals surface area contributed by atoms with Crippen LogP contribution in [-0.2, 0) is 0 Å². The van der Waals surface area contributed by atoms with Crippen LogP contribution in [0.1, 0.15) is 32.1 Å². The molecular formula is C17H19NO3. The van der Waals surface area contributed by atoms with Crippen LogP contribution in [0.25, 0.3) is 11.0 Å².